The minimum Gasteiger partial charge on any atom is -0.354 e. The number of hydrogen-bond acceptors (Lipinski definition) is 3. The molecule has 1 aromatic heterocycles. The van der Waals surface area contributed by atoms with Gasteiger partial charge in [0.25, 0.3) is 5.91 Å². The van der Waals surface area contributed by atoms with Crippen LogP contribution in [0.2, 0.25) is 0 Å². The van der Waals surface area contributed by atoms with E-state index in [0.29, 0.717) is 5.56 Å². The molecule has 0 saturated heterocycles. The molecular formula is C21H21N3O. The number of pyridine rings is 1. The van der Waals surface area contributed by atoms with Crippen LogP contribution in [0.1, 0.15) is 27.0 Å². The molecule has 1 amide bonds. The maximum absolute atomic E-state index is 12.5. The fraction of sp³-hybridized carbons (Fsp3) is 0.143. The van der Waals surface area contributed by atoms with Crippen LogP contribution in [0.25, 0.3) is 0 Å². The number of nitrogens with zero attached hydrogens (tertiary/aromatic N) is 1. The minimum atomic E-state index is -0.174. The summed E-state index contributed by atoms with van der Waals surface area (Å²) in [7, 11) is 0. The molecule has 0 unspecified atom stereocenters. The molecule has 2 aromatic carbocycles. The Balaban J connectivity index is 1.77. The Kier molecular flexibility index (Phi) is 4.80. The number of carbonyl (C=O) groups excluding carboxylic acids is 1. The van der Waals surface area contributed by atoms with Crippen molar-refractivity contribution in [1.82, 2.24) is 4.98 Å². The minimum absolute atomic E-state index is 0.174. The Morgan fingerprint density at radius 1 is 0.880 bits per heavy atom. The molecule has 2 N–H and O–H groups in total. The van der Waals surface area contributed by atoms with Crippen LogP contribution < -0.4 is 10.6 Å². The first kappa shape index (κ1) is 16.7. The molecule has 0 fully saturated rings. The second-order valence-corrected chi connectivity index (χ2v) is 6.23. The summed E-state index contributed by atoms with van der Waals surface area (Å²) in [6.07, 6.45) is 3.27. The van der Waals surface area contributed by atoms with E-state index in [2.05, 4.69) is 15.6 Å². The lowest BCUT2D eigenvalue weighted by Gasteiger charge is -2.11. The summed E-state index contributed by atoms with van der Waals surface area (Å²) < 4.78 is 0. The number of rotatable bonds is 4. The smallest absolute Gasteiger partial charge is 0.257 e. The first-order valence-electron chi connectivity index (χ1n) is 8.18. The normalized spacial score (nSPS) is 10.4. The number of amides is 1. The maximum atomic E-state index is 12.5. The Bertz CT molecular complexity index is 919. The summed E-state index contributed by atoms with van der Waals surface area (Å²) in [5, 5.41) is 6.23. The van der Waals surface area contributed by atoms with Crippen LogP contribution in [0.15, 0.2) is 60.9 Å². The molecule has 4 nitrogen and oxygen atoms in total. The van der Waals surface area contributed by atoms with Crippen LogP contribution in [0.3, 0.4) is 0 Å². The molecule has 0 radical (unpaired) electrons. The van der Waals surface area contributed by atoms with E-state index in [0.717, 1.165) is 22.6 Å². The first-order valence-corrected chi connectivity index (χ1v) is 8.18. The van der Waals surface area contributed by atoms with E-state index in [1.807, 2.05) is 63.2 Å². The third kappa shape index (κ3) is 4.23. The Labute approximate surface area is 147 Å². The van der Waals surface area contributed by atoms with Crippen molar-refractivity contribution in [1.29, 1.82) is 0 Å². The third-order valence-corrected chi connectivity index (χ3v) is 3.94. The summed E-state index contributed by atoms with van der Waals surface area (Å²) in [5.74, 6) is -0.174. The highest BCUT2D eigenvalue weighted by atomic mass is 16.1. The number of carbonyl (C=O) groups is 1. The average molecular weight is 331 g/mol. The molecule has 0 aliphatic heterocycles. The lowest BCUT2D eigenvalue weighted by molar-refractivity contribution is 0.102. The van der Waals surface area contributed by atoms with Gasteiger partial charge in [-0.1, -0.05) is 29.8 Å². The zero-order valence-electron chi connectivity index (χ0n) is 14.6. The highest BCUT2D eigenvalue weighted by molar-refractivity contribution is 6.05. The quantitative estimate of drug-likeness (QED) is 0.707. The van der Waals surface area contributed by atoms with Gasteiger partial charge in [0.1, 0.15) is 0 Å². The molecule has 0 atom stereocenters. The SMILES string of the molecule is Cc1cccc(Nc2cncc(C(=O)Nc3ccc(C)cc3C)c2)c1. The van der Waals surface area contributed by atoms with Crippen molar-refractivity contribution in [3.8, 4) is 0 Å². The molecular weight excluding hydrogens is 310 g/mol. The zero-order valence-corrected chi connectivity index (χ0v) is 14.6. The first-order chi connectivity index (χ1) is 12.0. The second kappa shape index (κ2) is 7.18. The van der Waals surface area contributed by atoms with Gasteiger partial charge in [0.05, 0.1) is 17.4 Å². The molecule has 126 valence electrons. The highest BCUT2D eigenvalue weighted by Crippen LogP contribution is 2.20. The predicted molar refractivity (Wildman–Crippen MR) is 103 cm³/mol. The number of anilines is 3. The Morgan fingerprint density at radius 2 is 1.68 bits per heavy atom. The van der Waals surface area contributed by atoms with Crippen molar-refractivity contribution >= 4 is 23.0 Å². The van der Waals surface area contributed by atoms with Crippen molar-refractivity contribution in [2.75, 3.05) is 10.6 Å². The van der Waals surface area contributed by atoms with Gasteiger partial charge in [-0.05, 0) is 56.2 Å². The highest BCUT2D eigenvalue weighted by Gasteiger charge is 2.09. The van der Waals surface area contributed by atoms with Gasteiger partial charge < -0.3 is 10.6 Å². The topological polar surface area (TPSA) is 54.0 Å². The second-order valence-electron chi connectivity index (χ2n) is 6.23. The molecule has 0 spiro atoms. The molecule has 4 heteroatoms. The Hall–Kier alpha value is -3.14. The van der Waals surface area contributed by atoms with Crippen LogP contribution >= 0.6 is 0 Å². The average Bonchev–Trinajstić information content (AvgIpc) is 2.57. The molecule has 3 aromatic rings. The molecule has 0 aliphatic rings. The summed E-state index contributed by atoms with van der Waals surface area (Å²) in [5.41, 5.74) is 6.44. The summed E-state index contributed by atoms with van der Waals surface area (Å²) in [6.45, 7) is 6.05. The van der Waals surface area contributed by atoms with Gasteiger partial charge in [0.2, 0.25) is 0 Å². The molecule has 1 heterocycles. The lowest BCUT2D eigenvalue weighted by atomic mass is 10.1. The van der Waals surface area contributed by atoms with Crippen LogP contribution in [-0.4, -0.2) is 10.9 Å². The molecule has 0 saturated carbocycles. The van der Waals surface area contributed by atoms with E-state index in [-0.39, 0.29) is 5.91 Å². The molecule has 25 heavy (non-hydrogen) atoms. The van der Waals surface area contributed by atoms with Gasteiger partial charge in [0, 0.05) is 17.6 Å². The largest absolute Gasteiger partial charge is 0.354 e. The lowest BCUT2D eigenvalue weighted by Crippen LogP contribution is -2.13. The number of hydrogen-bond donors (Lipinski definition) is 2. The molecule has 0 aliphatic carbocycles. The van der Waals surface area contributed by atoms with E-state index < -0.39 is 0 Å². The maximum Gasteiger partial charge on any atom is 0.257 e. The van der Waals surface area contributed by atoms with E-state index in [1.54, 1.807) is 18.5 Å². The van der Waals surface area contributed by atoms with Gasteiger partial charge >= 0.3 is 0 Å². The summed E-state index contributed by atoms with van der Waals surface area (Å²) in [4.78, 5) is 16.7. The number of aryl methyl sites for hydroxylation is 3. The zero-order chi connectivity index (χ0) is 17.8. The van der Waals surface area contributed by atoms with Gasteiger partial charge in [-0.15, -0.1) is 0 Å². The van der Waals surface area contributed by atoms with E-state index >= 15 is 0 Å². The van der Waals surface area contributed by atoms with Crippen LogP contribution in [0.5, 0.6) is 0 Å². The van der Waals surface area contributed by atoms with Crippen molar-refractivity contribution in [3.63, 3.8) is 0 Å². The van der Waals surface area contributed by atoms with Crippen molar-refractivity contribution < 1.29 is 4.79 Å². The van der Waals surface area contributed by atoms with E-state index in [1.165, 1.54) is 11.1 Å². The monoisotopic (exact) mass is 331 g/mol. The number of nitrogens with one attached hydrogen (secondary N) is 2. The van der Waals surface area contributed by atoms with Crippen LogP contribution in [0, 0.1) is 20.8 Å². The standard InChI is InChI=1S/C21H21N3O/c1-14-5-4-6-18(10-14)23-19-11-17(12-22-13-19)21(25)24-20-8-7-15(2)9-16(20)3/h4-13,23H,1-3H3,(H,24,25). The van der Waals surface area contributed by atoms with Gasteiger partial charge in [-0.2, -0.15) is 0 Å². The predicted octanol–water partition coefficient (Wildman–Crippen LogP) is 5.00. The molecule has 0 bridgehead atoms. The fourth-order valence-corrected chi connectivity index (χ4v) is 2.67. The van der Waals surface area contributed by atoms with E-state index in [9.17, 15) is 4.79 Å². The number of aromatic nitrogens is 1. The molecule has 3 rings (SSSR count). The van der Waals surface area contributed by atoms with Crippen molar-refractivity contribution in [2.24, 2.45) is 0 Å². The van der Waals surface area contributed by atoms with Crippen LogP contribution in [-0.2, 0) is 0 Å². The Morgan fingerprint density at radius 3 is 2.44 bits per heavy atom. The van der Waals surface area contributed by atoms with Gasteiger partial charge in [0.15, 0.2) is 0 Å². The summed E-state index contributed by atoms with van der Waals surface area (Å²) in [6, 6.07) is 15.8. The summed E-state index contributed by atoms with van der Waals surface area (Å²) >= 11 is 0. The van der Waals surface area contributed by atoms with Crippen molar-refractivity contribution in [2.45, 2.75) is 20.8 Å². The number of benzene rings is 2. The van der Waals surface area contributed by atoms with Crippen molar-refractivity contribution in [3.05, 3.63) is 83.2 Å². The van der Waals surface area contributed by atoms with Crippen LogP contribution in [0.4, 0.5) is 17.1 Å². The van der Waals surface area contributed by atoms with Gasteiger partial charge in [-0.25, -0.2) is 0 Å². The third-order valence-electron chi connectivity index (χ3n) is 3.94. The van der Waals surface area contributed by atoms with E-state index in [4.69, 9.17) is 0 Å². The fourth-order valence-electron chi connectivity index (χ4n) is 2.67. The van der Waals surface area contributed by atoms with Gasteiger partial charge in [-0.3, -0.25) is 9.78 Å².